The average molecular weight is 563 g/mol. The van der Waals surface area contributed by atoms with Crippen LogP contribution in [-0.2, 0) is 11.2 Å². The van der Waals surface area contributed by atoms with E-state index < -0.39 is 0 Å². The fourth-order valence-electron chi connectivity index (χ4n) is 3.94. The SMILES string of the molecule is CC(C)c1nn(-c2c(Cl)cc(Cl)cc2Cl)c2nc(Cc3cccc(NC(=O)CNCCN)c3)[nH]c(=O)c12. The van der Waals surface area contributed by atoms with Crippen molar-refractivity contribution in [3.63, 3.8) is 0 Å². The first-order chi connectivity index (χ1) is 17.7. The maximum atomic E-state index is 13.2. The number of hydrogen-bond acceptors (Lipinski definition) is 6. The van der Waals surface area contributed by atoms with E-state index in [-0.39, 0.29) is 34.0 Å². The lowest BCUT2D eigenvalue weighted by Gasteiger charge is -2.10. The Bertz CT molecular complexity index is 1490. The van der Waals surface area contributed by atoms with Gasteiger partial charge in [0.25, 0.3) is 5.56 Å². The molecule has 12 heteroatoms. The average Bonchev–Trinajstić information content (AvgIpc) is 3.19. The van der Waals surface area contributed by atoms with Gasteiger partial charge in [-0.1, -0.05) is 60.8 Å². The van der Waals surface area contributed by atoms with Crippen molar-refractivity contribution in [1.29, 1.82) is 0 Å². The number of aromatic nitrogens is 4. The molecule has 0 radical (unpaired) electrons. The van der Waals surface area contributed by atoms with Crippen molar-refractivity contribution in [2.75, 3.05) is 25.0 Å². The van der Waals surface area contributed by atoms with E-state index in [1.165, 1.54) is 4.68 Å². The zero-order valence-electron chi connectivity index (χ0n) is 20.2. The van der Waals surface area contributed by atoms with Crippen LogP contribution in [0.25, 0.3) is 16.7 Å². The van der Waals surface area contributed by atoms with Crippen molar-refractivity contribution in [2.45, 2.75) is 26.2 Å². The van der Waals surface area contributed by atoms with Crippen LogP contribution in [0.5, 0.6) is 0 Å². The highest BCUT2D eigenvalue weighted by molar-refractivity contribution is 6.40. The Morgan fingerprint density at radius 3 is 2.57 bits per heavy atom. The molecule has 2 aromatic heterocycles. The monoisotopic (exact) mass is 561 g/mol. The minimum atomic E-state index is -0.313. The number of nitrogens with zero attached hydrogens (tertiary/aromatic N) is 3. The third-order valence-electron chi connectivity index (χ3n) is 5.54. The second-order valence-corrected chi connectivity index (χ2v) is 10.0. The predicted molar refractivity (Wildman–Crippen MR) is 148 cm³/mol. The highest BCUT2D eigenvalue weighted by Crippen LogP contribution is 2.34. The van der Waals surface area contributed by atoms with Crippen molar-refractivity contribution in [2.24, 2.45) is 5.73 Å². The van der Waals surface area contributed by atoms with Gasteiger partial charge in [-0.15, -0.1) is 0 Å². The van der Waals surface area contributed by atoms with Gasteiger partial charge in [-0.3, -0.25) is 9.59 Å². The van der Waals surface area contributed by atoms with Crippen LogP contribution >= 0.6 is 34.8 Å². The molecule has 4 rings (SSSR count). The Labute approximate surface area is 228 Å². The number of carbonyl (C=O) groups excluding carboxylic acids is 1. The molecule has 37 heavy (non-hydrogen) atoms. The number of amides is 1. The summed E-state index contributed by atoms with van der Waals surface area (Å²) in [5.41, 5.74) is 7.90. The molecule has 9 nitrogen and oxygen atoms in total. The van der Waals surface area contributed by atoms with Crippen LogP contribution in [0.2, 0.25) is 15.1 Å². The van der Waals surface area contributed by atoms with Crippen LogP contribution in [0.1, 0.15) is 36.8 Å². The lowest BCUT2D eigenvalue weighted by atomic mass is 10.1. The van der Waals surface area contributed by atoms with Crippen molar-refractivity contribution in [3.05, 3.63) is 78.9 Å². The summed E-state index contributed by atoms with van der Waals surface area (Å²) in [6, 6.07) is 10.4. The number of anilines is 1. The molecule has 0 saturated heterocycles. The molecular weight excluding hydrogens is 537 g/mol. The molecule has 2 heterocycles. The van der Waals surface area contributed by atoms with E-state index in [1.54, 1.807) is 18.2 Å². The van der Waals surface area contributed by atoms with Crippen molar-refractivity contribution in [1.82, 2.24) is 25.1 Å². The lowest BCUT2D eigenvalue weighted by molar-refractivity contribution is -0.115. The summed E-state index contributed by atoms with van der Waals surface area (Å²) in [4.78, 5) is 33.0. The van der Waals surface area contributed by atoms with E-state index >= 15 is 0 Å². The van der Waals surface area contributed by atoms with Crippen LogP contribution in [0.3, 0.4) is 0 Å². The van der Waals surface area contributed by atoms with Gasteiger partial charge in [0.15, 0.2) is 5.65 Å². The van der Waals surface area contributed by atoms with Gasteiger partial charge in [0.2, 0.25) is 5.91 Å². The number of H-pyrrole nitrogens is 1. The van der Waals surface area contributed by atoms with Crippen LogP contribution < -0.4 is 21.9 Å². The maximum absolute atomic E-state index is 13.2. The number of nitrogens with one attached hydrogen (secondary N) is 3. The highest BCUT2D eigenvalue weighted by Gasteiger charge is 2.23. The second-order valence-electron chi connectivity index (χ2n) is 8.77. The third kappa shape index (κ3) is 6.14. The quantitative estimate of drug-likeness (QED) is 0.225. The second kappa shape index (κ2) is 11.6. The van der Waals surface area contributed by atoms with Crippen LogP contribution in [0.4, 0.5) is 5.69 Å². The standard InChI is InChI=1S/C25H26Cl3N7O2/c1-13(2)22-21-24(35(34-22)23-17(27)10-15(26)11-18(23)28)32-19(33-25(21)37)9-14-4-3-5-16(8-14)31-20(36)12-30-7-6-29/h3-5,8,10-11,13,30H,6-7,9,12,29H2,1-2H3,(H,31,36)(H,32,33,37). The molecule has 0 atom stereocenters. The fourth-order valence-corrected chi connectivity index (χ4v) is 4.92. The Hall–Kier alpha value is -2.95. The molecule has 2 aromatic carbocycles. The van der Waals surface area contributed by atoms with Crippen LogP contribution in [0, 0.1) is 0 Å². The van der Waals surface area contributed by atoms with Crippen molar-refractivity contribution in [3.8, 4) is 5.69 Å². The predicted octanol–water partition coefficient (Wildman–Crippen LogP) is 4.27. The molecule has 0 aliphatic carbocycles. The summed E-state index contributed by atoms with van der Waals surface area (Å²) in [5.74, 6) is 0.186. The molecular formula is C25H26Cl3N7O2. The largest absolute Gasteiger partial charge is 0.329 e. The number of aromatic amines is 1. The third-order valence-corrected chi connectivity index (χ3v) is 6.34. The lowest BCUT2D eigenvalue weighted by Crippen LogP contribution is -2.31. The number of nitrogens with two attached hydrogens (primary N) is 1. The summed E-state index contributed by atoms with van der Waals surface area (Å²) in [7, 11) is 0. The van der Waals surface area contributed by atoms with Crippen LogP contribution in [0.15, 0.2) is 41.2 Å². The van der Waals surface area contributed by atoms with Gasteiger partial charge in [0.05, 0.1) is 22.3 Å². The van der Waals surface area contributed by atoms with Gasteiger partial charge in [-0.25, -0.2) is 9.67 Å². The van der Waals surface area contributed by atoms with E-state index in [1.807, 2.05) is 32.0 Å². The van der Waals surface area contributed by atoms with Gasteiger partial charge in [-0.2, -0.15) is 5.10 Å². The first-order valence-electron chi connectivity index (χ1n) is 11.6. The molecule has 0 unspecified atom stereocenters. The summed E-state index contributed by atoms with van der Waals surface area (Å²) in [6.07, 6.45) is 0.310. The molecule has 0 aliphatic rings. The molecule has 5 N–H and O–H groups in total. The first kappa shape index (κ1) is 27.1. The number of carbonyl (C=O) groups is 1. The molecule has 0 saturated carbocycles. The Balaban J connectivity index is 1.72. The zero-order valence-corrected chi connectivity index (χ0v) is 22.5. The van der Waals surface area contributed by atoms with E-state index in [2.05, 4.69) is 20.7 Å². The van der Waals surface area contributed by atoms with E-state index in [0.29, 0.717) is 58.5 Å². The van der Waals surface area contributed by atoms with Gasteiger partial charge in [0.1, 0.15) is 16.9 Å². The fraction of sp³-hybridized carbons (Fsp3) is 0.280. The number of benzene rings is 2. The first-order valence-corrected chi connectivity index (χ1v) is 12.8. The van der Waals surface area contributed by atoms with Gasteiger partial charge in [0, 0.05) is 30.2 Å². The summed E-state index contributed by atoms with van der Waals surface area (Å²) < 4.78 is 1.50. The summed E-state index contributed by atoms with van der Waals surface area (Å²) >= 11 is 19.1. The van der Waals surface area contributed by atoms with E-state index in [9.17, 15) is 9.59 Å². The molecule has 0 bridgehead atoms. The molecule has 0 spiro atoms. The molecule has 194 valence electrons. The van der Waals surface area contributed by atoms with E-state index in [4.69, 9.17) is 45.5 Å². The molecule has 0 aliphatic heterocycles. The summed E-state index contributed by atoms with van der Waals surface area (Å²) in [5, 5.41) is 11.8. The summed E-state index contributed by atoms with van der Waals surface area (Å²) in [6.45, 7) is 5.04. The van der Waals surface area contributed by atoms with Crippen molar-refractivity contribution < 1.29 is 4.79 Å². The van der Waals surface area contributed by atoms with Gasteiger partial charge < -0.3 is 21.4 Å². The highest BCUT2D eigenvalue weighted by atomic mass is 35.5. The maximum Gasteiger partial charge on any atom is 0.262 e. The Kier molecular flexibility index (Phi) is 8.51. The van der Waals surface area contributed by atoms with Gasteiger partial charge >= 0.3 is 0 Å². The topological polar surface area (TPSA) is 131 Å². The molecule has 4 aromatic rings. The minimum absolute atomic E-state index is 0.0537. The van der Waals surface area contributed by atoms with Crippen molar-refractivity contribution >= 4 is 57.4 Å². The number of fused-ring (bicyclic) bond motifs is 1. The van der Waals surface area contributed by atoms with E-state index in [0.717, 1.165) is 5.56 Å². The molecule has 1 amide bonds. The number of hydrogen-bond donors (Lipinski definition) is 4. The number of halogens is 3. The van der Waals surface area contributed by atoms with Gasteiger partial charge in [-0.05, 0) is 35.7 Å². The van der Waals surface area contributed by atoms with Crippen LogP contribution in [-0.4, -0.2) is 45.3 Å². The smallest absolute Gasteiger partial charge is 0.262 e. The Morgan fingerprint density at radius 2 is 1.89 bits per heavy atom. The normalized spacial score (nSPS) is 11.4. The number of rotatable bonds is 9. The minimum Gasteiger partial charge on any atom is -0.329 e. The zero-order chi connectivity index (χ0) is 26.7. The molecule has 0 fully saturated rings. The Morgan fingerprint density at radius 1 is 1.16 bits per heavy atom.